The fourth-order valence-corrected chi connectivity index (χ4v) is 2.30. The van der Waals surface area contributed by atoms with Crippen LogP contribution in [0.25, 0.3) is 0 Å². The number of halogens is 1. The lowest BCUT2D eigenvalue weighted by molar-refractivity contribution is -0.129. The van der Waals surface area contributed by atoms with Crippen molar-refractivity contribution in [3.63, 3.8) is 0 Å². The number of hydrogen-bond acceptors (Lipinski definition) is 2. The van der Waals surface area contributed by atoms with E-state index in [-0.39, 0.29) is 11.7 Å². The van der Waals surface area contributed by atoms with Crippen LogP contribution in [0.5, 0.6) is 0 Å². The lowest BCUT2D eigenvalue weighted by Crippen LogP contribution is -2.48. The van der Waals surface area contributed by atoms with Crippen molar-refractivity contribution in [2.75, 3.05) is 31.1 Å². The van der Waals surface area contributed by atoms with Crippen molar-refractivity contribution in [3.05, 3.63) is 29.6 Å². The van der Waals surface area contributed by atoms with Gasteiger partial charge in [0.1, 0.15) is 5.82 Å². The van der Waals surface area contributed by atoms with Crippen molar-refractivity contribution in [2.24, 2.45) is 0 Å². The SMILES string of the molecule is CCc1ccc(N2CCN(C(C)=O)CC2)cc1F. The van der Waals surface area contributed by atoms with E-state index in [0.29, 0.717) is 19.5 Å². The van der Waals surface area contributed by atoms with Gasteiger partial charge in [-0.2, -0.15) is 0 Å². The summed E-state index contributed by atoms with van der Waals surface area (Å²) in [5, 5.41) is 0. The summed E-state index contributed by atoms with van der Waals surface area (Å²) in [5.74, 6) is -0.0221. The van der Waals surface area contributed by atoms with Crippen molar-refractivity contribution >= 4 is 11.6 Å². The van der Waals surface area contributed by atoms with Gasteiger partial charge in [0, 0.05) is 38.8 Å². The maximum absolute atomic E-state index is 13.7. The van der Waals surface area contributed by atoms with Crippen molar-refractivity contribution in [1.82, 2.24) is 4.90 Å². The summed E-state index contributed by atoms with van der Waals surface area (Å²) >= 11 is 0. The van der Waals surface area contributed by atoms with Crippen LogP contribution < -0.4 is 4.90 Å². The Morgan fingerprint density at radius 1 is 1.28 bits per heavy atom. The Balaban J connectivity index is 2.05. The molecule has 0 N–H and O–H groups in total. The molecule has 98 valence electrons. The Kier molecular flexibility index (Phi) is 3.84. The lowest BCUT2D eigenvalue weighted by Gasteiger charge is -2.35. The Hall–Kier alpha value is -1.58. The van der Waals surface area contributed by atoms with Crippen LogP contribution in [0.1, 0.15) is 19.4 Å². The lowest BCUT2D eigenvalue weighted by atomic mass is 10.1. The molecule has 0 aliphatic carbocycles. The van der Waals surface area contributed by atoms with Crippen LogP contribution in [-0.4, -0.2) is 37.0 Å². The Bertz CT molecular complexity index is 439. The van der Waals surface area contributed by atoms with Gasteiger partial charge in [-0.1, -0.05) is 13.0 Å². The number of aryl methyl sites for hydroxylation is 1. The third-order valence-electron chi connectivity index (χ3n) is 3.51. The smallest absolute Gasteiger partial charge is 0.219 e. The number of piperazine rings is 1. The number of carbonyl (C=O) groups excluding carboxylic acids is 1. The van der Waals surface area contributed by atoms with E-state index in [1.54, 1.807) is 13.0 Å². The summed E-state index contributed by atoms with van der Waals surface area (Å²) in [6.45, 7) is 6.50. The highest BCUT2D eigenvalue weighted by atomic mass is 19.1. The third kappa shape index (κ3) is 2.63. The van der Waals surface area contributed by atoms with E-state index < -0.39 is 0 Å². The highest BCUT2D eigenvalue weighted by Crippen LogP contribution is 2.20. The van der Waals surface area contributed by atoms with Gasteiger partial charge in [-0.05, 0) is 24.1 Å². The molecule has 4 heteroatoms. The van der Waals surface area contributed by atoms with E-state index in [1.807, 2.05) is 24.0 Å². The van der Waals surface area contributed by atoms with Crippen LogP contribution in [0, 0.1) is 5.82 Å². The predicted molar refractivity (Wildman–Crippen MR) is 70.2 cm³/mol. The number of anilines is 1. The maximum atomic E-state index is 13.7. The van der Waals surface area contributed by atoms with E-state index in [4.69, 9.17) is 0 Å². The molecular weight excluding hydrogens is 231 g/mol. The first-order chi connectivity index (χ1) is 8.61. The van der Waals surface area contributed by atoms with E-state index in [0.717, 1.165) is 24.3 Å². The molecule has 2 rings (SSSR count). The van der Waals surface area contributed by atoms with Gasteiger partial charge < -0.3 is 9.80 Å². The molecule has 1 aromatic carbocycles. The Labute approximate surface area is 107 Å². The fourth-order valence-electron chi connectivity index (χ4n) is 2.30. The number of carbonyl (C=O) groups is 1. The first-order valence-corrected chi connectivity index (χ1v) is 6.40. The summed E-state index contributed by atoms with van der Waals surface area (Å²) in [5.41, 5.74) is 1.66. The van der Waals surface area contributed by atoms with Gasteiger partial charge in [-0.25, -0.2) is 4.39 Å². The van der Waals surface area contributed by atoms with Crippen molar-refractivity contribution in [3.8, 4) is 0 Å². The Morgan fingerprint density at radius 2 is 1.94 bits per heavy atom. The largest absolute Gasteiger partial charge is 0.368 e. The predicted octanol–water partition coefficient (Wildman–Crippen LogP) is 2.06. The molecule has 0 bridgehead atoms. The minimum atomic E-state index is -0.135. The van der Waals surface area contributed by atoms with Gasteiger partial charge in [0.15, 0.2) is 0 Å². The summed E-state index contributed by atoms with van der Waals surface area (Å²) in [6, 6.07) is 5.41. The third-order valence-corrected chi connectivity index (χ3v) is 3.51. The zero-order valence-corrected chi connectivity index (χ0v) is 10.9. The van der Waals surface area contributed by atoms with Gasteiger partial charge in [-0.15, -0.1) is 0 Å². The first-order valence-electron chi connectivity index (χ1n) is 6.40. The van der Waals surface area contributed by atoms with E-state index in [9.17, 15) is 9.18 Å². The maximum Gasteiger partial charge on any atom is 0.219 e. The van der Waals surface area contributed by atoms with Crippen molar-refractivity contribution in [2.45, 2.75) is 20.3 Å². The zero-order valence-electron chi connectivity index (χ0n) is 10.9. The molecule has 0 spiro atoms. The quantitative estimate of drug-likeness (QED) is 0.802. The molecule has 18 heavy (non-hydrogen) atoms. The molecule has 1 amide bonds. The molecule has 1 heterocycles. The average molecular weight is 250 g/mol. The van der Waals surface area contributed by atoms with E-state index >= 15 is 0 Å². The summed E-state index contributed by atoms with van der Waals surface area (Å²) in [4.78, 5) is 15.2. The minimum absolute atomic E-state index is 0.113. The van der Waals surface area contributed by atoms with Crippen LogP contribution in [0.3, 0.4) is 0 Å². The second-order valence-electron chi connectivity index (χ2n) is 4.62. The zero-order chi connectivity index (χ0) is 13.1. The molecule has 0 aromatic heterocycles. The highest BCUT2D eigenvalue weighted by Gasteiger charge is 2.19. The number of benzene rings is 1. The van der Waals surface area contributed by atoms with Gasteiger partial charge in [0.2, 0.25) is 5.91 Å². The molecule has 1 aromatic rings. The number of hydrogen-bond donors (Lipinski definition) is 0. The molecule has 0 radical (unpaired) electrons. The van der Waals surface area contributed by atoms with Crippen LogP contribution in [0.4, 0.5) is 10.1 Å². The normalized spacial score (nSPS) is 15.9. The monoisotopic (exact) mass is 250 g/mol. The molecule has 0 saturated carbocycles. The van der Waals surface area contributed by atoms with Gasteiger partial charge in [0.05, 0.1) is 0 Å². The van der Waals surface area contributed by atoms with Gasteiger partial charge in [-0.3, -0.25) is 4.79 Å². The summed E-state index contributed by atoms with van der Waals surface area (Å²) in [7, 11) is 0. The standard InChI is InChI=1S/C14H19FN2O/c1-3-12-4-5-13(10-14(12)15)17-8-6-16(7-9-17)11(2)18/h4-5,10H,3,6-9H2,1-2H3. The number of nitrogens with zero attached hydrogens (tertiary/aromatic N) is 2. The highest BCUT2D eigenvalue weighted by molar-refractivity contribution is 5.73. The summed E-state index contributed by atoms with van der Waals surface area (Å²) in [6.07, 6.45) is 0.713. The van der Waals surface area contributed by atoms with Gasteiger partial charge >= 0.3 is 0 Å². The topological polar surface area (TPSA) is 23.6 Å². The fraction of sp³-hybridized carbons (Fsp3) is 0.500. The van der Waals surface area contributed by atoms with Crippen LogP contribution in [0.2, 0.25) is 0 Å². The van der Waals surface area contributed by atoms with Crippen molar-refractivity contribution < 1.29 is 9.18 Å². The molecule has 1 fully saturated rings. The number of rotatable bonds is 2. The van der Waals surface area contributed by atoms with Crippen LogP contribution in [0.15, 0.2) is 18.2 Å². The van der Waals surface area contributed by atoms with E-state index in [1.165, 1.54) is 0 Å². The van der Waals surface area contributed by atoms with Crippen LogP contribution >= 0.6 is 0 Å². The number of amides is 1. The van der Waals surface area contributed by atoms with Gasteiger partial charge in [0.25, 0.3) is 0 Å². The molecule has 0 unspecified atom stereocenters. The molecule has 3 nitrogen and oxygen atoms in total. The minimum Gasteiger partial charge on any atom is -0.368 e. The second kappa shape index (κ2) is 5.38. The molecule has 0 atom stereocenters. The molecule has 1 saturated heterocycles. The Morgan fingerprint density at radius 3 is 2.44 bits per heavy atom. The summed E-state index contributed by atoms with van der Waals surface area (Å²) < 4.78 is 13.7. The van der Waals surface area contributed by atoms with Crippen molar-refractivity contribution in [1.29, 1.82) is 0 Å². The molecule has 1 aliphatic rings. The average Bonchev–Trinajstić information content (AvgIpc) is 2.38. The van der Waals surface area contributed by atoms with Crippen LogP contribution in [-0.2, 0) is 11.2 Å². The van der Waals surface area contributed by atoms with E-state index in [2.05, 4.69) is 4.90 Å². The first kappa shape index (κ1) is 12.9. The molecular formula is C14H19FN2O. The molecule has 1 aliphatic heterocycles. The second-order valence-corrected chi connectivity index (χ2v) is 4.62.